The Morgan fingerprint density at radius 3 is 2.70 bits per heavy atom. The molecule has 3 fully saturated rings. The number of ether oxygens (including phenoxy) is 1. The van der Waals surface area contributed by atoms with Crippen molar-refractivity contribution in [3.63, 3.8) is 0 Å². The van der Waals surface area contributed by atoms with E-state index in [0.717, 1.165) is 44.9 Å². The molecule has 3 aliphatic rings. The minimum absolute atomic E-state index is 0.237. The average molecular weight is 279 g/mol. The van der Waals surface area contributed by atoms with Crippen LogP contribution in [0.25, 0.3) is 0 Å². The average Bonchev–Trinajstić information content (AvgIpc) is 3.14. The number of rotatable bonds is 2. The van der Waals surface area contributed by atoms with Gasteiger partial charge < -0.3 is 4.74 Å². The molecule has 0 N–H and O–H groups in total. The van der Waals surface area contributed by atoms with E-state index in [1.165, 1.54) is 6.07 Å². The van der Waals surface area contributed by atoms with Crippen LogP contribution < -0.4 is 0 Å². The van der Waals surface area contributed by atoms with E-state index in [1.807, 2.05) is 0 Å². The highest BCUT2D eigenvalue weighted by atomic mass is 19.1. The third kappa shape index (κ3) is 2.06. The Morgan fingerprint density at radius 1 is 1.10 bits per heavy atom. The standard InChI is InChI=1S/C16H19F2NO/c17-11-2-4-15(16(18)6-11)10-1-3-12(5-10)19-8-14-7-13(19)9-20-14/h2,4,6,10,12-14H,1,3,5,7-9H2/t10-,12+,13-,14-/m0/s1. The van der Waals surface area contributed by atoms with E-state index in [4.69, 9.17) is 4.74 Å². The van der Waals surface area contributed by atoms with Crippen molar-refractivity contribution in [1.29, 1.82) is 0 Å². The number of morpholine rings is 1. The van der Waals surface area contributed by atoms with E-state index >= 15 is 0 Å². The van der Waals surface area contributed by atoms with Crippen LogP contribution in [0.15, 0.2) is 18.2 Å². The second kappa shape index (κ2) is 4.78. The molecule has 2 bridgehead atoms. The fraction of sp³-hybridized carbons (Fsp3) is 0.625. The normalized spacial score (nSPS) is 36.9. The zero-order chi connectivity index (χ0) is 13.7. The summed E-state index contributed by atoms with van der Waals surface area (Å²) in [6.07, 6.45) is 4.69. The Morgan fingerprint density at radius 2 is 2.00 bits per heavy atom. The number of hydrogen-bond acceptors (Lipinski definition) is 2. The molecule has 4 atom stereocenters. The van der Waals surface area contributed by atoms with E-state index in [2.05, 4.69) is 4.90 Å². The number of nitrogens with zero attached hydrogens (tertiary/aromatic N) is 1. The van der Waals surface area contributed by atoms with Gasteiger partial charge in [0.05, 0.1) is 12.7 Å². The van der Waals surface area contributed by atoms with Gasteiger partial charge in [-0.15, -0.1) is 0 Å². The lowest BCUT2D eigenvalue weighted by molar-refractivity contribution is 0.0123. The molecule has 0 aromatic heterocycles. The smallest absolute Gasteiger partial charge is 0.129 e. The van der Waals surface area contributed by atoms with Gasteiger partial charge in [0, 0.05) is 24.7 Å². The van der Waals surface area contributed by atoms with Crippen molar-refractivity contribution < 1.29 is 13.5 Å². The molecule has 1 aliphatic carbocycles. The second-order valence-electron chi connectivity index (χ2n) is 6.37. The Bertz CT molecular complexity index is 521. The summed E-state index contributed by atoms with van der Waals surface area (Å²) in [7, 11) is 0. The molecule has 2 heterocycles. The van der Waals surface area contributed by atoms with E-state index in [9.17, 15) is 8.78 Å². The lowest BCUT2D eigenvalue weighted by Crippen LogP contribution is -2.43. The molecule has 0 amide bonds. The van der Waals surface area contributed by atoms with Gasteiger partial charge in [-0.1, -0.05) is 6.07 Å². The van der Waals surface area contributed by atoms with Crippen LogP contribution in [0.1, 0.15) is 37.2 Å². The van der Waals surface area contributed by atoms with Crippen molar-refractivity contribution in [3.05, 3.63) is 35.4 Å². The van der Waals surface area contributed by atoms with Crippen LogP contribution in [-0.4, -0.2) is 36.2 Å². The summed E-state index contributed by atoms with van der Waals surface area (Å²) in [6, 6.07) is 5.12. The van der Waals surface area contributed by atoms with Gasteiger partial charge in [-0.2, -0.15) is 0 Å². The topological polar surface area (TPSA) is 12.5 Å². The Balaban J connectivity index is 1.48. The summed E-state index contributed by atoms with van der Waals surface area (Å²) >= 11 is 0. The molecule has 20 heavy (non-hydrogen) atoms. The first-order chi connectivity index (χ1) is 9.70. The summed E-state index contributed by atoms with van der Waals surface area (Å²) in [6.45, 7) is 1.89. The Kier molecular flexibility index (Phi) is 3.04. The zero-order valence-corrected chi connectivity index (χ0v) is 11.4. The summed E-state index contributed by atoms with van der Waals surface area (Å²) < 4.78 is 32.5. The zero-order valence-electron chi connectivity index (χ0n) is 11.4. The highest BCUT2D eigenvalue weighted by molar-refractivity contribution is 5.24. The van der Waals surface area contributed by atoms with E-state index in [0.29, 0.717) is 23.8 Å². The quantitative estimate of drug-likeness (QED) is 0.825. The van der Waals surface area contributed by atoms with Crippen molar-refractivity contribution in [3.8, 4) is 0 Å². The fourth-order valence-electron chi connectivity index (χ4n) is 4.25. The predicted molar refractivity (Wildman–Crippen MR) is 71.6 cm³/mol. The van der Waals surface area contributed by atoms with Crippen LogP contribution in [-0.2, 0) is 4.74 Å². The monoisotopic (exact) mass is 279 g/mol. The van der Waals surface area contributed by atoms with Gasteiger partial charge in [0.15, 0.2) is 0 Å². The lowest BCUT2D eigenvalue weighted by atomic mass is 9.96. The van der Waals surface area contributed by atoms with Crippen LogP contribution in [0.2, 0.25) is 0 Å². The van der Waals surface area contributed by atoms with Crippen LogP contribution in [0, 0.1) is 11.6 Å². The molecule has 0 unspecified atom stereocenters. The fourth-order valence-corrected chi connectivity index (χ4v) is 4.25. The third-order valence-electron chi connectivity index (χ3n) is 5.22. The van der Waals surface area contributed by atoms with Crippen LogP contribution >= 0.6 is 0 Å². The van der Waals surface area contributed by atoms with Crippen molar-refractivity contribution in [1.82, 2.24) is 4.90 Å². The molecular weight excluding hydrogens is 260 g/mol. The van der Waals surface area contributed by atoms with Crippen LogP contribution in [0.4, 0.5) is 8.78 Å². The number of likely N-dealkylation sites (tertiary alicyclic amines) is 1. The molecule has 0 spiro atoms. The van der Waals surface area contributed by atoms with Crippen LogP contribution in [0.5, 0.6) is 0 Å². The molecule has 1 aromatic rings. The molecule has 1 aromatic carbocycles. The van der Waals surface area contributed by atoms with E-state index in [-0.39, 0.29) is 11.7 Å². The molecule has 2 saturated heterocycles. The first kappa shape index (κ1) is 12.7. The molecule has 4 rings (SSSR count). The first-order valence-electron chi connectivity index (χ1n) is 7.53. The second-order valence-corrected chi connectivity index (χ2v) is 6.37. The summed E-state index contributed by atoms with van der Waals surface area (Å²) in [4.78, 5) is 2.57. The van der Waals surface area contributed by atoms with Crippen molar-refractivity contribution >= 4 is 0 Å². The maximum atomic E-state index is 13.9. The van der Waals surface area contributed by atoms with Crippen molar-refractivity contribution in [2.75, 3.05) is 13.2 Å². The molecule has 4 heteroatoms. The predicted octanol–water partition coefficient (Wildman–Crippen LogP) is 3.07. The minimum Gasteiger partial charge on any atom is -0.375 e. The maximum absolute atomic E-state index is 13.9. The maximum Gasteiger partial charge on any atom is 0.129 e. The number of hydrogen-bond donors (Lipinski definition) is 0. The Labute approximate surface area is 117 Å². The van der Waals surface area contributed by atoms with Gasteiger partial charge >= 0.3 is 0 Å². The SMILES string of the molecule is Fc1ccc([C@H]2CC[C@@H](N3C[C@@H]4C[C@H]3CO4)C2)c(F)c1. The molecule has 2 nitrogen and oxygen atoms in total. The molecule has 2 aliphatic heterocycles. The Hall–Kier alpha value is -1.00. The van der Waals surface area contributed by atoms with E-state index < -0.39 is 5.82 Å². The van der Waals surface area contributed by atoms with Crippen molar-refractivity contribution in [2.24, 2.45) is 0 Å². The summed E-state index contributed by atoms with van der Waals surface area (Å²) in [5.41, 5.74) is 0.689. The largest absolute Gasteiger partial charge is 0.375 e. The van der Waals surface area contributed by atoms with Crippen molar-refractivity contribution in [2.45, 2.75) is 49.8 Å². The molecule has 0 radical (unpaired) electrons. The van der Waals surface area contributed by atoms with E-state index in [1.54, 1.807) is 6.07 Å². The van der Waals surface area contributed by atoms with Gasteiger partial charge in [-0.05, 0) is 43.2 Å². The highest BCUT2D eigenvalue weighted by Gasteiger charge is 2.44. The van der Waals surface area contributed by atoms with Gasteiger partial charge in [0.1, 0.15) is 11.6 Å². The highest BCUT2D eigenvalue weighted by Crippen LogP contribution is 2.41. The third-order valence-corrected chi connectivity index (χ3v) is 5.22. The van der Waals surface area contributed by atoms with Gasteiger partial charge in [0.25, 0.3) is 0 Å². The molecule has 1 saturated carbocycles. The summed E-state index contributed by atoms with van der Waals surface area (Å²) in [5.74, 6) is -0.641. The van der Waals surface area contributed by atoms with Crippen LogP contribution in [0.3, 0.4) is 0 Å². The minimum atomic E-state index is -0.491. The van der Waals surface area contributed by atoms with Gasteiger partial charge in [-0.3, -0.25) is 4.90 Å². The number of fused-ring (bicyclic) bond motifs is 2. The molecule has 108 valence electrons. The first-order valence-corrected chi connectivity index (χ1v) is 7.53. The number of benzene rings is 1. The lowest BCUT2D eigenvalue weighted by Gasteiger charge is -2.32. The van der Waals surface area contributed by atoms with Gasteiger partial charge in [0.2, 0.25) is 0 Å². The summed E-state index contributed by atoms with van der Waals surface area (Å²) in [5, 5.41) is 0. The van der Waals surface area contributed by atoms with Gasteiger partial charge in [-0.25, -0.2) is 8.78 Å². The molecular formula is C16H19F2NO. The number of halogens is 2.